The van der Waals surface area contributed by atoms with E-state index in [1.807, 2.05) is 84.9 Å². The molecule has 3 aromatic carbocycles. The van der Waals surface area contributed by atoms with Crippen molar-refractivity contribution < 1.29 is 24.4 Å². The molecule has 1 aliphatic rings. The molecule has 8 aromatic rings. The van der Waals surface area contributed by atoms with Crippen molar-refractivity contribution in [3.8, 4) is 40.0 Å². The zero-order chi connectivity index (χ0) is 44.3. The molecule has 0 amide bonds. The van der Waals surface area contributed by atoms with Gasteiger partial charge in [0.25, 0.3) is 0 Å². The molecule has 0 bridgehead atoms. The fourth-order valence-electron chi connectivity index (χ4n) is 7.07. The summed E-state index contributed by atoms with van der Waals surface area (Å²) in [7, 11) is 1.65. The molecule has 1 fully saturated rings. The molecule has 9 rings (SSSR count). The van der Waals surface area contributed by atoms with Gasteiger partial charge in [0, 0.05) is 96.2 Å². The molecule has 330 valence electrons. The van der Waals surface area contributed by atoms with E-state index in [0.717, 1.165) is 86.1 Å². The van der Waals surface area contributed by atoms with Crippen molar-refractivity contribution in [2.45, 2.75) is 18.8 Å². The summed E-state index contributed by atoms with van der Waals surface area (Å²) >= 11 is 6.84. The molecule has 0 saturated carbocycles. The van der Waals surface area contributed by atoms with Gasteiger partial charge in [0.1, 0.15) is 60.1 Å². The molecule has 1 aliphatic heterocycles. The van der Waals surface area contributed by atoms with E-state index in [9.17, 15) is 10.2 Å². The van der Waals surface area contributed by atoms with Crippen LogP contribution in [-0.4, -0.2) is 127 Å². The van der Waals surface area contributed by atoms with Gasteiger partial charge < -0.3 is 44.6 Å². The second kappa shape index (κ2) is 21.6. The average Bonchev–Trinajstić information content (AvgIpc) is 3.96. The lowest BCUT2D eigenvalue weighted by Crippen LogP contribution is -2.49. The van der Waals surface area contributed by atoms with Crippen molar-refractivity contribution in [2.75, 3.05) is 64.5 Å². The maximum Gasteiger partial charge on any atom is 0.178 e. The van der Waals surface area contributed by atoms with Crippen LogP contribution in [0.1, 0.15) is 5.56 Å². The van der Waals surface area contributed by atoms with Crippen LogP contribution >= 0.6 is 31.9 Å². The van der Waals surface area contributed by atoms with Crippen LogP contribution in [0, 0.1) is 0 Å². The average molecular weight is 994 g/mol. The highest BCUT2D eigenvalue weighted by Crippen LogP contribution is 2.26. The van der Waals surface area contributed by atoms with Crippen LogP contribution in [0.15, 0.2) is 125 Å². The monoisotopic (exact) mass is 991 g/mol. The second-order valence-electron chi connectivity index (χ2n) is 15.0. The van der Waals surface area contributed by atoms with Crippen LogP contribution in [0.4, 0.5) is 5.82 Å². The molecule has 16 nitrogen and oxygen atoms in total. The fraction of sp³-hybridized carbons (Fsp3) is 0.261. The number of rotatable bonds is 16. The number of β-amino-alcohol motifs (C(OH)–C–C–N with tert-alkyl or cyclic N) is 1. The molecule has 18 heteroatoms. The molecule has 5 N–H and O–H groups in total. The summed E-state index contributed by atoms with van der Waals surface area (Å²) in [4.78, 5) is 37.1. The van der Waals surface area contributed by atoms with E-state index < -0.39 is 12.2 Å². The molecule has 5 aromatic heterocycles. The number of ether oxygens (including phenoxy) is 3. The number of benzene rings is 3. The van der Waals surface area contributed by atoms with Crippen LogP contribution in [0.2, 0.25) is 0 Å². The maximum atomic E-state index is 10.5. The number of aromatic amines is 2. The number of hydrogen-bond donors (Lipinski definition) is 5. The van der Waals surface area contributed by atoms with Crippen LogP contribution < -0.4 is 24.4 Å². The Morgan fingerprint density at radius 1 is 0.703 bits per heavy atom. The molecular weight excluding hydrogens is 946 g/mol. The predicted octanol–water partition coefficient (Wildman–Crippen LogP) is 6.66. The van der Waals surface area contributed by atoms with Gasteiger partial charge in [0.15, 0.2) is 11.3 Å². The second-order valence-corrected chi connectivity index (χ2v) is 16.8. The van der Waals surface area contributed by atoms with Crippen LogP contribution in [0.5, 0.6) is 17.2 Å². The maximum absolute atomic E-state index is 10.5. The Kier molecular flexibility index (Phi) is 15.0. The number of piperazine rings is 1. The summed E-state index contributed by atoms with van der Waals surface area (Å²) in [5, 5.41) is 23.9. The van der Waals surface area contributed by atoms with Crippen molar-refractivity contribution in [1.82, 2.24) is 50.1 Å². The van der Waals surface area contributed by atoms with Gasteiger partial charge in [0.2, 0.25) is 0 Å². The summed E-state index contributed by atoms with van der Waals surface area (Å²) in [6, 6.07) is 26.9. The summed E-state index contributed by atoms with van der Waals surface area (Å²) in [5.74, 6) is 4.62. The van der Waals surface area contributed by atoms with Gasteiger partial charge in [-0.2, -0.15) is 0 Å². The summed E-state index contributed by atoms with van der Waals surface area (Å²) < 4.78 is 18.7. The Morgan fingerprint density at radius 2 is 1.28 bits per heavy atom. The van der Waals surface area contributed by atoms with E-state index in [2.05, 4.69) is 86.8 Å². The number of nitrogens with zero attached hydrogens (tertiary/aromatic N) is 8. The van der Waals surface area contributed by atoms with E-state index in [1.165, 1.54) is 0 Å². The van der Waals surface area contributed by atoms with Crippen molar-refractivity contribution in [3.63, 3.8) is 0 Å². The standard InChI is InChI=1S/C23H24BrN7O2.C23H23BrN4O3/c24-17-11-20-23(27-12-17)29-22(28-20)16-1-3-19(4-2-16)33-15-18(32)14-30-7-9-31(10-8-30)21-13-25-5-6-26-21;1-30-21-5-3-2-4-16(21)11-25-13-18(29)14-31-19-8-6-15(7-9-19)22-27-20-10-17(24)12-26-23(20)28-22/h1-6,11-13,18,32H,7-10,14-15H2,(H,27,28,29);2-10,12,18,25,29H,11,13-14H2,1H3,(H,26,27,28). The van der Waals surface area contributed by atoms with Gasteiger partial charge in [0.05, 0.1) is 24.3 Å². The molecule has 0 spiro atoms. The number of aliphatic hydroxyl groups is 2. The molecule has 2 atom stereocenters. The number of methoxy groups -OCH3 is 1. The van der Waals surface area contributed by atoms with Gasteiger partial charge in [-0.1, -0.05) is 18.2 Å². The quantitative estimate of drug-likeness (QED) is 0.0689. The minimum Gasteiger partial charge on any atom is -0.496 e. The minimum atomic E-state index is -0.630. The Hall–Kier alpha value is -6.02. The largest absolute Gasteiger partial charge is 0.496 e. The van der Waals surface area contributed by atoms with E-state index in [4.69, 9.17) is 14.2 Å². The smallest absolute Gasteiger partial charge is 0.178 e. The zero-order valence-corrected chi connectivity index (χ0v) is 38.1. The Labute approximate surface area is 386 Å². The third-order valence-corrected chi connectivity index (χ3v) is 11.2. The van der Waals surface area contributed by atoms with Gasteiger partial charge in [-0.15, -0.1) is 0 Å². The SMILES string of the molecule is COc1ccccc1CNCC(O)COc1ccc(-c2nc3ncc(Br)cc3[nH]2)cc1.OC(COc1ccc(-c2nc3ncc(Br)cc3[nH]2)cc1)CN1CCN(c2cnccn2)CC1. The lowest BCUT2D eigenvalue weighted by Gasteiger charge is -2.36. The van der Waals surface area contributed by atoms with Gasteiger partial charge in [-0.05, 0) is 98.6 Å². The first-order valence-corrected chi connectivity index (χ1v) is 22.3. The minimum absolute atomic E-state index is 0.195. The number of fused-ring (bicyclic) bond motifs is 2. The van der Waals surface area contributed by atoms with E-state index in [-0.39, 0.29) is 13.2 Å². The Bertz CT molecular complexity index is 2720. The van der Waals surface area contributed by atoms with E-state index >= 15 is 0 Å². The fourth-order valence-corrected chi connectivity index (χ4v) is 7.73. The number of H-pyrrole nitrogens is 2. The molecule has 0 radical (unpaired) electrons. The van der Waals surface area contributed by atoms with Gasteiger partial charge in [-0.3, -0.25) is 9.88 Å². The summed E-state index contributed by atoms with van der Waals surface area (Å²) in [6.07, 6.45) is 7.44. The van der Waals surface area contributed by atoms with Crippen LogP contribution in [0.25, 0.3) is 45.1 Å². The number of anilines is 1. The number of imidazole rings is 2. The molecular formula is C46H47Br2N11O5. The first-order chi connectivity index (χ1) is 31.3. The van der Waals surface area contributed by atoms with E-state index in [1.54, 1.807) is 38.1 Å². The highest BCUT2D eigenvalue weighted by atomic mass is 79.9. The van der Waals surface area contributed by atoms with Crippen molar-refractivity contribution in [1.29, 1.82) is 0 Å². The molecule has 2 unspecified atom stereocenters. The first kappa shape index (κ1) is 44.6. The summed E-state index contributed by atoms with van der Waals surface area (Å²) in [6.45, 7) is 5.50. The number of hydrogen-bond acceptors (Lipinski definition) is 14. The number of para-hydroxylation sites is 1. The van der Waals surface area contributed by atoms with Crippen molar-refractivity contribution >= 4 is 60.0 Å². The molecule has 0 aliphatic carbocycles. The lowest BCUT2D eigenvalue weighted by molar-refractivity contribution is 0.0662. The number of halogens is 2. The zero-order valence-electron chi connectivity index (χ0n) is 34.9. The highest BCUT2D eigenvalue weighted by Gasteiger charge is 2.21. The highest BCUT2D eigenvalue weighted by molar-refractivity contribution is 9.10. The first-order valence-electron chi connectivity index (χ1n) is 20.7. The normalized spacial score (nSPS) is 13.9. The Morgan fingerprint density at radius 3 is 1.84 bits per heavy atom. The number of aromatic nitrogens is 8. The van der Waals surface area contributed by atoms with Crippen LogP contribution in [0.3, 0.4) is 0 Å². The number of aliphatic hydroxyl groups excluding tert-OH is 2. The van der Waals surface area contributed by atoms with Crippen molar-refractivity contribution in [3.05, 3.63) is 130 Å². The predicted molar refractivity (Wildman–Crippen MR) is 252 cm³/mol. The molecule has 6 heterocycles. The lowest BCUT2D eigenvalue weighted by atomic mass is 10.2. The number of pyridine rings is 2. The van der Waals surface area contributed by atoms with E-state index in [0.29, 0.717) is 42.4 Å². The third kappa shape index (κ3) is 12.0. The third-order valence-electron chi connectivity index (χ3n) is 10.4. The number of nitrogens with one attached hydrogen (secondary N) is 3. The topological polar surface area (TPSA) is 196 Å². The Balaban J connectivity index is 0.000000175. The molecule has 64 heavy (non-hydrogen) atoms. The van der Waals surface area contributed by atoms with Gasteiger partial charge >= 0.3 is 0 Å². The van der Waals surface area contributed by atoms with Gasteiger partial charge in [-0.25, -0.2) is 24.9 Å². The van der Waals surface area contributed by atoms with Crippen LogP contribution in [-0.2, 0) is 6.54 Å². The summed E-state index contributed by atoms with van der Waals surface area (Å²) in [5.41, 5.74) is 6.01. The van der Waals surface area contributed by atoms with Crippen molar-refractivity contribution in [2.24, 2.45) is 0 Å². The molecule has 1 saturated heterocycles.